The third-order valence-electron chi connectivity index (χ3n) is 4.35. The van der Waals surface area contributed by atoms with Crippen molar-refractivity contribution in [2.75, 3.05) is 13.2 Å². The molecule has 0 amide bonds. The Balaban J connectivity index is 2.25. The van der Waals surface area contributed by atoms with Crippen molar-refractivity contribution < 1.29 is 14.3 Å². The van der Waals surface area contributed by atoms with Crippen LogP contribution in [-0.4, -0.2) is 30.6 Å². The van der Waals surface area contributed by atoms with Gasteiger partial charge in [0.15, 0.2) is 6.40 Å². The summed E-state index contributed by atoms with van der Waals surface area (Å²) in [6.45, 7) is 8.92. The van der Waals surface area contributed by atoms with Crippen LogP contribution in [-0.2, 0) is 22.3 Å². The lowest BCUT2D eigenvalue weighted by molar-refractivity contribution is 0.0533. The number of thiophene rings is 1. The van der Waals surface area contributed by atoms with Gasteiger partial charge in [-0.15, -0.1) is 11.3 Å². The molecule has 2 aromatic rings. The third kappa shape index (κ3) is 3.27. The van der Waals surface area contributed by atoms with Gasteiger partial charge in [-0.2, -0.15) is 0 Å². The SMILES string of the molecule is CCOC=Nc1c(C(=O)OCC)sc2nc(C(C)C)c3c(c12)CCC3. The van der Waals surface area contributed by atoms with Gasteiger partial charge in [-0.3, -0.25) is 0 Å². The van der Waals surface area contributed by atoms with Gasteiger partial charge in [0.05, 0.1) is 13.2 Å². The van der Waals surface area contributed by atoms with E-state index in [1.165, 1.54) is 28.9 Å². The Morgan fingerprint density at radius 1 is 1.28 bits per heavy atom. The molecular formula is C19H24N2O3S. The molecule has 3 rings (SSSR count). The smallest absolute Gasteiger partial charge is 0.350 e. The largest absolute Gasteiger partial charge is 0.483 e. The number of nitrogens with zero attached hydrogens (tertiary/aromatic N) is 2. The Hall–Kier alpha value is -1.95. The van der Waals surface area contributed by atoms with E-state index in [1.54, 1.807) is 6.92 Å². The van der Waals surface area contributed by atoms with E-state index in [4.69, 9.17) is 14.5 Å². The van der Waals surface area contributed by atoms with Gasteiger partial charge in [0.2, 0.25) is 0 Å². The van der Waals surface area contributed by atoms with Crippen LogP contribution in [0.1, 0.15) is 66.5 Å². The fourth-order valence-corrected chi connectivity index (χ4v) is 4.39. The number of hydrogen-bond donors (Lipinski definition) is 0. The number of esters is 1. The van der Waals surface area contributed by atoms with Crippen LogP contribution >= 0.6 is 11.3 Å². The van der Waals surface area contributed by atoms with Gasteiger partial charge < -0.3 is 9.47 Å². The summed E-state index contributed by atoms with van der Waals surface area (Å²) in [5.74, 6) is 0.0201. The first-order chi connectivity index (χ1) is 12.1. The van der Waals surface area contributed by atoms with Crippen LogP contribution in [0.5, 0.6) is 0 Å². The average molecular weight is 360 g/mol. The minimum atomic E-state index is -0.341. The highest BCUT2D eigenvalue weighted by molar-refractivity contribution is 7.21. The molecule has 0 fully saturated rings. The highest BCUT2D eigenvalue weighted by Crippen LogP contribution is 2.44. The number of fused-ring (bicyclic) bond motifs is 3. The summed E-state index contributed by atoms with van der Waals surface area (Å²) in [7, 11) is 0. The van der Waals surface area contributed by atoms with Crippen LogP contribution in [0.25, 0.3) is 10.2 Å². The summed E-state index contributed by atoms with van der Waals surface area (Å²) in [4.78, 5) is 23.2. The number of ether oxygens (including phenoxy) is 2. The van der Waals surface area contributed by atoms with E-state index in [0.29, 0.717) is 29.7 Å². The van der Waals surface area contributed by atoms with E-state index in [-0.39, 0.29) is 5.97 Å². The number of hydrogen-bond acceptors (Lipinski definition) is 6. The fraction of sp³-hybridized carbons (Fsp3) is 0.526. The van der Waals surface area contributed by atoms with Crippen molar-refractivity contribution in [2.24, 2.45) is 4.99 Å². The fourth-order valence-electron chi connectivity index (χ4n) is 3.34. The molecule has 0 bridgehead atoms. The maximum atomic E-state index is 12.4. The Labute approximate surface area is 152 Å². The van der Waals surface area contributed by atoms with Crippen molar-refractivity contribution in [3.8, 4) is 0 Å². The van der Waals surface area contributed by atoms with E-state index in [1.807, 2.05) is 6.92 Å². The molecule has 0 spiro atoms. The lowest BCUT2D eigenvalue weighted by atomic mass is 9.98. The molecule has 2 heterocycles. The van der Waals surface area contributed by atoms with Gasteiger partial charge in [-0.05, 0) is 50.2 Å². The van der Waals surface area contributed by atoms with Crippen molar-refractivity contribution in [3.05, 3.63) is 21.7 Å². The standard InChI is InChI=1S/C19H24N2O3S/c1-5-23-10-20-16-14-12-8-7-9-13(12)15(11(3)4)21-18(14)25-17(16)19(22)24-6-2/h10-11H,5-9H2,1-4H3. The zero-order valence-corrected chi connectivity index (χ0v) is 16.0. The first-order valence-electron chi connectivity index (χ1n) is 8.87. The Morgan fingerprint density at radius 2 is 2.04 bits per heavy atom. The Kier molecular flexibility index (Phi) is 5.37. The normalized spacial score (nSPS) is 13.8. The minimum absolute atomic E-state index is 0.338. The van der Waals surface area contributed by atoms with Crippen LogP contribution in [0.3, 0.4) is 0 Å². The second-order valence-electron chi connectivity index (χ2n) is 6.33. The number of carbonyl (C=O) groups excluding carboxylic acids is 1. The Morgan fingerprint density at radius 3 is 2.72 bits per heavy atom. The molecule has 25 heavy (non-hydrogen) atoms. The van der Waals surface area contributed by atoms with E-state index in [9.17, 15) is 4.79 Å². The first kappa shape index (κ1) is 17.9. The minimum Gasteiger partial charge on any atom is -0.483 e. The molecule has 0 aliphatic heterocycles. The molecule has 1 aliphatic carbocycles. The monoisotopic (exact) mass is 360 g/mol. The molecule has 0 radical (unpaired) electrons. The molecule has 0 atom stereocenters. The molecule has 0 saturated carbocycles. The highest BCUT2D eigenvalue weighted by Gasteiger charge is 2.28. The first-order valence-corrected chi connectivity index (χ1v) is 9.69. The molecule has 1 aliphatic rings. The second-order valence-corrected chi connectivity index (χ2v) is 7.33. The van der Waals surface area contributed by atoms with Gasteiger partial charge in [0.25, 0.3) is 0 Å². The number of rotatable bonds is 6. The van der Waals surface area contributed by atoms with Crippen molar-refractivity contribution in [2.45, 2.75) is 52.9 Å². The molecule has 0 N–H and O–H groups in total. The zero-order valence-electron chi connectivity index (χ0n) is 15.2. The zero-order chi connectivity index (χ0) is 18.0. The molecule has 134 valence electrons. The number of pyridine rings is 1. The molecule has 2 aromatic heterocycles. The van der Waals surface area contributed by atoms with Gasteiger partial charge in [0, 0.05) is 11.1 Å². The Bertz CT molecular complexity index is 824. The van der Waals surface area contributed by atoms with Crippen LogP contribution in [0, 0.1) is 0 Å². The summed E-state index contributed by atoms with van der Waals surface area (Å²) in [6, 6.07) is 0. The van der Waals surface area contributed by atoms with Crippen LogP contribution in [0.2, 0.25) is 0 Å². The van der Waals surface area contributed by atoms with Crippen molar-refractivity contribution in [1.29, 1.82) is 0 Å². The maximum absolute atomic E-state index is 12.4. The third-order valence-corrected chi connectivity index (χ3v) is 5.40. The van der Waals surface area contributed by atoms with Gasteiger partial charge in [0.1, 0.15) is 15.4 Å². The van der Waals surface area contributed by atoms with E-state index >= 15 is 0 Å². The topological polar surface area (TPSA) is 60.8 Å². The summed E-state index contributed by atoms with van der Waals surface area (Å²) in [5, 5.41) is 1.00. The molecule has 0 aromatic carbocycles. The molecule has 5 nitrogen and oxygen atoms in total. The molecule has 0 unspecified atom stereocenters. The van der Waals surface area contributed by atoms with Gasteiger partial charge >= 0.3 is 5.97 Å². The summed E-state index contributed by atoms with van der Waals surface area (Å²) < 4.78 is 10.5. The van der Waals surface area contributed by atoms with E-state index < -0.39 is 0 Å². The number of aryl methyl sites for hydroxylation is 1. The highest BCUT2D eigenvalue weighted by atomic mass is 32.1. The van der Waals surface area contributed by atoms with Crippen LogP contribution in [0.4, 0.5) is 5.69 Å². The van der Waals surface area contributed by atoms with E-state index in [2.05, 4.69) is 18.8 Å². The van der Waals surface area contributed by atoms with Crippen LogP contribution < -0.4 is 0 Å². The summed E-state index contributed by atoms with van der Waals surface area (Å²) in [6.07, 6.45) is 4.59. The summed E-state index contributed by atoms with van der Waals surface area (Å²) in [5.41, 5.74) is 4.43. The molecular weight excluding hydrogens is 336 g/mol. The lowest BCUT2D eigenvalue weighted by Crippen LogP contribution is -2.02. The number of carbonyl (C=O) groups is 1. The summed E-state index contributed by atoms with van der Waals surface area (Å²) >= 11 is 1.37. The van der Waals surface area contributed by atoms with Gasteiger partial charge in [-0.1, -0.05) is 13.8 Å². The number of aliphatic imine (C=N–C) groups is 1. The van der Waals surface area contributed by atoms with E-state index in [0.717, 1.165) is 35.2 Å². The van der Waals surface area contributed by atoms with Gasteiger partial charge in [-0.25, -0.2) is 14.8 Å². The average Bonchev–Trinajstić information content (AvgIpc) is 3.18. The number of aromatic nitrogens is 1. The van der Waals surface area contributed by atoms with Crippen molar-refractivity contribution in [1.82, 2.24) is 4.98 Å². The lowest BCUT2D eigenvalue weighted by Gasteiger charge is -2.12. The molecule has 0 saturated heterocycles. The van der Waals surface area contributed by atoms with Crippen LogP contribution in [0.15, 0.2) is 4.99 Å². The van der Waals surface area contributed by atoms with Crippen molar-refractivity contribution >= 4 is 39.6 Å². The van der Waals surface area contributed by atoms with Crippen molar-refractivity contribution in [3.63, 3.8) is 0 Å². The predicted molar refractivity (Wildman–Crippen MR) is 101 cm³/mol. The quantitative estimate of drug-likeness (QED) is 0.422. The predicted octanol–water partition coefficient (Wildman–Crippen LogP) is 4.78. The second kappa shape index (κ2) is 7.52. The molecule has 6 heteroatoms. The maximum Gasteiger partial charge on any atom is 0.350 e.